The maximum absolute atomic E-state index is 11.4. The largest absolute Gasteiger partial charge is 0.507 e. The zero-order chi connectivity index (χ0) is 12.1. The summed E-state index contributed by atoms with van der Waals surface area (Å²) in [4.78, 5) is 22.5. The van der Waals surface area contributed by atoms with E-state index in [1.165, 1.54) is 25.3 Å². The van der Waals surface area contributed by atoms with Gasteiger partial charge in [0.05, 0.1) is 7.11 Å². The maximum atomic E-state index is 11.4. The van der Waals surface area contributed by atoms with Crippen molar-refractivity contribution in [3.63, 3.8) is 0 Å². The predicted molar refractivity (Wildman–Crippen MR) is 55.4 cm³/mol. The number of methoxy groups -OCH3 is 1. The van der Waals surface area contributed by atoms with Crippen LogP contribution in [0.5, 0.6) is 11.5 Å². The Kier molecular flexibility index (Phi) is 3.88. The van der Waals surface area contributed by atoms with Crippen molar-refractivity contribution in [3.05, 3.63) is 23.8 Å². The van der Waals surface area contributed by atoms with Gasteiger partial charge in [0.2, 0.25) is 0 Å². The van der Waals surface area contributed by atoms with Crippen LogP contribution in [0, 0.1) is 0 Å². The van der Waals surface area contributed by atoms with Gasteiger partial charge in [0.25, 0.3) is 0 Å². The second kappa shape index (κ2) is 5.16. The van der Waals surface area contributed by atoms with Crippen molar-refractivity contribution in [1.29, 1.82) is 0 Å². The van der Waals surface area contributed by atoms with Gasteiger partial charge in [-0.25, -0.2) is 4.79 Å². The van der Waals surface area contributed by atoms with Gasteiger partial charge in [-0.2, -0.15) is 0 Å². The summed E-state index contributed by atoms with van der Waals surface area (Å²) >= 11 is 0. The summed E-state index contributed by atoms with van der Waals surface area (Å²) in [6.07, 6.45) is 0.177. The molecular formula is C11H12O5. The Morgan fingerprint density at radius 2 is 2.06 bits per heavy atom. The third-order valence-electron chi connectivity index (χ3n) is 1.91. The van der Waals surface area contributed by atoms with Crippen LogP contribution < -0.4 is 4.74 Å². The quantitative estimate of drug-likeness (QED) is 0.622. The van der Waals surface area contributed by atoms with Crippen LogP contribution in [0.25, 0.3) is 0 Å². The topological polar surface area (TPSA) is 72.8 Å². The number of esters is 2. The van der Waals surface area contributed by atoms with Crippen molar-refractivity contribution in [3.8, 4) is 11.5 Å². The summed E-state index contributed by atoms with van der Waals surface area (Å²) in [6, 6.07) is 4.20. The average molecular weight is 224 g/mol. The molecule has 0 heterocycles. The fourth-order valence-corrected chi connectivity index (χ4v) is 1.11. The fraction of sp³-hybridized carbons (Fsp3) is 0.273. The van der Waals surface area contributed by atoms with E-state index in [0.717, 1.165) is 0 Å². The van der Waals surface area contributed by atoms with Gasteiger partial charge in [0, 0.05) is 6.42 Å². The molecule has 0 aliphatic carbocycles. The number of carbonyl (C=O) groups is 2. The smallest absolute Gasteiger partial charge is 0.345 e. The summed E-state index contributed by atoms with van der Waals surface area (Å²) in [7, 11) is 1.18. The SMILES string of the molecule is CCC(=O)Oc1cccc(O)c1C(=O)OC. The summed E-state index contributed by atoms with van der Waals surface area (Å²) < 4.78 is 9.38. The molecule has 86 valence electrons. The van der Waals surface area contributed by atoms with E-state index in [1.807, 2.05) is 0 Å². The zero-order valence-electron chi connectivity index (χ0n) is 9.02. The molecule has 5 heteroatoms. The minimum atomic E-state index is -0.753. The third-order valence-corrected chi connectivity index (χ3v) is 1.91. The van der Waals surface area contributed by atoms with Gasteiger partial charge in [-0.1, -0.05) is 13.0 Å². The summed E-state index contributed by atoms with van der Waals surface area (Å²) in [5, 5.41) is 9.49. The first-order valence-corrected chi connectivity index (χ1v) is 4.71. The first kappa shape index (κ1) is 12.0. The first-order chi connectivity index (χ1) is 7.60. The molecule has 5 nitrogen and oxygen atoms in total. The van der Waals surface area contributed by atoms with Crippen molar-refractivity contribution in [2.45, 2.75) is 13.3 Å². The molecule has 0 saturated carbocycles. The Bertz CT molecular complexity index is 411. The van der Waals surface area contributed by atoms with Crippen molar-refractivity contribution in [1.82, 2.24) is 0 Å². The lowest BCUT2D eigenvalue weighted by atomic mass is 10.2. The molecule has 1 rings (SSSR count). The number of aromatic hydroxyl groups is 1. The molecule has 0 amide bonds. The number of carbonyl (C=O) groups excluding carboxylic acids is 2. The monoisotopic (exact) mass is 224 g/mol. The average Bonchev–Trinajstić information content (AvgIpc) is 2.28. The molecule has 1 aromatic rings. The molecule has 0 saturated heterocycles. The second-order valence-corrected chi connectivity index (χ2v) is 2.97. The van der Waals surface area contributed by atoms with Crippen molar-refractivity contribution >= 4 is 11.9 Å². The van der Waals surface area contributed by atoms with Gasteiger partial charge in [0.1, 0.15) is 17.1 Å². The van der Waals surface area contributed by atoms with Crippen molar-refractivity contribution < 1.29 is 24.2 Å². The zero-order valence-corrected chi connectivity index (χ0v) is 9.02. The van der Waals surface area contributed by atoms with Gasteiger partial charge >= 0.3 is 11.9 Å². The number of ether oxygens (including phenoxy) is 2. The van der Waals surface area contributed by atoms with Gasteiger partial charge in [0.15, 0.2) is 0 Å². The highest BCUT2D eigenvalue weighted by Crippen LogP contribution is 2.28. The number of benzene rings is 1. The van der Waals surface area contributed by atoms with Crippen LogP contribution in [0.1, 0.15) is 23.7 Å². The van der Waals surface area contributed by atoms with Crippen molar-refractivity contribution in [2.24, 2.45) is 0 Å². The Morgan fingerprint density at radius 3 is 2.62 bits per heavy atom. The standard InChI is InChI=1S/C11H12O5/c1-3-9(13)16-8-6-4-5-7(12)10(8)11(14)15-2/h4-6,12H,3H2,1-2H3. The normalized spacial score (nSPS) is 9.62. The maximum Gasteiger partial charge on any atom is 0.345 e. The molecule has 0 fully saturated rings. The van der Waals surface area contributed by atoms with Crippen LogP contribution in [0.4, 0.5) is 0 Å². The van der Waals surface area contributed by atoms with Crippen LogP contribution in [0.3, 0.4) is 0 Å². The number of hydrogen-bond donors (Lipinski definition) is 1. The van der Waals surface area contributed by atoms with Gasteiger partial charge < -0.3 is 14.6 Å². The second-order valence-electron chi connectivity index (χ2n) is 2.97. The molecule has 0 spiro atoms. The Balaban J connectivity index is 3.12. The lowest BCUT2D eigenvalue weighted by molar-refractivity contribution is -0.134. The molecule has 0 unspecified atom stereocenters. The van der Waals surface area contributed by atoms with Crippen LogP contribution >= 0.6 is 0 Å². The number of phenols is 1. The van der Waals surface area contributed by atoms with E-state index in [9.17, 15) is 14.7 Å². The highest BCUT2D eigenvalue weighted by Gasteiger charge is 2.19. The predicted octanol–water partition coefficient (Wildman–Crippen LogP) is 1.49. The minimum absolute atomic E-state index is 0.00120. The number of phenolic OH excluding ortho intramolecular Hbond substituents is 1. The fourth-order valence-electron chi connectivity index (χ4n) is 1.11. The first-order valence-electron chi connectivity index (χ1n) is 4.71. The van der Waals surface area contributed by atoms with E-state index in [0.29, 0.717) is 0 Å². The molecule has 1 aromatic carbocycles. The van der Waals surface area contributed by atoms with E-state index in [2.05, 4.69) is 4.74 Å². The molecule has 16 heavy (non-hydrogen) atoms. The molecule has 0 aliphatic rings. The molecule has 0 radical (unpaired) electrons. The molecule has 1 N–H and O–H groups in total. The molecule has 0 bridgehead atoms. The van der Waals surface area contributed by atoms with Crippen molar-refractivity contribution in [2.75, 3.05) is 7.11 Å². The lowest BCUT2D eigenvalue weighted by Crippen LogP contribution is -2.11. The van der Waals surface area contributed by atoms with Gasteiger partial charge in [-0.05, 0) is 12.1 Å². The highest BCUT2D eigenvalue weighted by molar-refractivity contribution is 5.96. The van der Waals surface area contributed by atoms with Crippen LogP contribution in [-0.2, 0) is 9.53 Å². The van der Waals surface area contributed by atoms with Gasteiger partial charge in [-0.3, -0.25) is 4.79 Å². The van der Waals surface area contributed by atoms with E-state index >= 15 is 0 Å². The number of rotatable bonds is 3. The van der Waals surface area contributed by atoms with Crippen LogP contribution in [0.2, 0.25) is 0 Å². The molecule has 0 aliphatic heterocycles. The highest BCUT2D eigenvalue weighted by atomic mass is 16.5. The van der Waals surface area contributed by atoms with E-state index in [4.69, 9.17) is 4.74 Å². The summed E-state index contributed by atoms with van der Waals surface area (Å²) in [6.45, 7) is 1.63. The summed E-state index contributed by atoms with van der Waals surface area (Å²) in [5.74, 6) is -1.53. The Morgan fingerprint density at radius 1 is 1.38 bits per heavy atom. The van der Waals surface area contributed by atoms with E-state index < -0.39 is 11.9 Å². The minimum Gasteiger partial charge on any atom is -0.507 e. The van der Waals surface area contributed by atoms with Gasteiger partial charge in [-0.15, -0.1) is 0 Å². The van der Waals surface area contributed by atoms with Crippen LogP contribution in [0.15, 0.2) is 18.2 Å². The summed E-state index contributed by atoms with van der Waals surface area (Å²) in [5.41, 5.74) is -0.146. The molecular weight excluding hydrogens is 212 g/mol. The third kappa shape index (κ3) is 2.50. The number of hydrogen-bond acceptors (Lipinski definition) is 5. The molecule has 0 aromatic heterocycles. The van der Waals surface area contributed by atoms with E-state index in [-0.39, 0.29) is 23.5 Å². The Hall–Kier alpha value is -2.04. The lowest BCUT2D eigenvalue weighted by Gasteiger charge is -2.09. The van der Waals surface area contributed by atoms with E-state index in [1.54, 1.807) is 6.92 Å². The molecule has 0 atom stereocenters. The Labute approximate surface area is 92.6 Å². The van der Waals surface area contributed by atoms with Crippen LogP contribution in [-0.4, -0.2) is 24.2 Å².